The maximum absolute atomic E-state index is 6.27. The van der Waals surface area contributed by atoms with Gasteiger partial charge in [0.1, 0.15) is 0 Å². The van der Waals surface area contributed by atoms with Crippen molar-refractivity contribution < 1.29 is 0 Å². The van der Waals surface area contributed by atoms with E-state index in [1.54, 1.807) is 0 Å². The molecule has 15 heavy (non-hydrogen) atoms. The van der Waals surface area contributed by atoms with Crippen LogP contribution in [0.5, 0.6) is 0 Å². The molecule has 2 rings (SSSR count). The van der Waals surface area contributed by atoms with Crippen molar-refractivity contribution in [3.63, 3.8) is 0 Å². The molecule has 1 heterocycles. The highest BCUT2D eigenvalue weighted by Gasteiger charge is 2.28. The van der Waals surface area contributed by atoms with Crippen molar-refractivity contribution in [1.82, 2.24) is 9.78 Å². The second kappa shape index (κ2) is 4.56. The van der Waals surface area contributed by atoms with Crippen LogP contribution in [0.2, 0.25) is 0 Å². The van der Waals surface area contributed by atoms with Gasteiger partial charge in [-0.05, 0) is 51.0 Å². The van der Waals surface area contributed by atoms with Crippen LogP contribution >= 0.6 is 11.6 Å². The van der Waals surface area contributed by atoms with Crippen molar-refractivity contribution in [2.75, 3.05) is 0 Å². The Kier molecular flexibility index (Phi) is 3.35. The number of rotatable bonds is 5. The molecule has 3 heteroatoms. The second-order valence-corrected chi connectivity index (χ2v) is 5.21. The molecule has 1 aliphatic rings. The molecule has 0 amide bonds. The lowest BCUT2D eigenvalue weighted by molar-refractivity contribution is 0.612. The van der Waals surface area contributed by atoms with Gasteiger partial charge in [0.15, 0.2) is 0 Å². The van der Waals surface area contributed by atoms with E-state index < -0.39 is 0 Å². The molecule has 0 saturated heterocycles. The number of halogens is 1. The lowest BCUT2D eigenvalue weighted by atomic mass is 10.1. The maximum Gasteiger partial charge on any atom is 0.0596 e. The van der Waals surface area contributed by atoms with E-state index in [9.17, 15) is 0 Å². The molecule has 0 aliphatic heterocycles. The number of alkyl halides is 1. The van der Waals surface area contributed by atoms with Gasteiger partial charge in [0.25, 0.3) is 0 Å². The summed E-state index contributed by atoms with van der Waals surface area (Å²) in [5.74, 6) is 0.819. The average molecular weight is 227 g/mol. The highest BCUT2D eigenvalue weighted by atomic mass is 35.5. The van der Waals surface area contributed by atoms with Crippen LogP contribution in [-0.4, -0.2) is 15.2 Å². The maximum atomic E-state index is 6.27. The number of hydrogen-bond donors (Lipinski definition) is 0. The summed E-state index contributed by atoms with van der Waals surface area (Å²) in [5, 5.41) is 4.76. The Morgan fingerprint density at radius 3 is 2.87 bits per heavy atom. The van der Waals surface area contributed by atoms with Gasteiger partial charge < -0.3 is 0 Å². The van der Waals surface area contributed by atoms with Gasteiger partial charge >= 0.3 is 0 Å². The van der Waals surface area contributed by atoms with E-state index in [1.165, 1.54) is 25.0 Å². The fraction of sp³-hybridized carbons (Fsp3) is 0.750. The van der Waals surface area contributed by atoms with Gasteiger partial charge in [-0.2, -0.15) is 5.10 Å². The summed E-state index contributed by atoms with van der Waals surface area (Å²) in [6.45, 7) is 2.04. The van der Waals surface area contributed by atoms with E-state index in [1.807, 2.05) is 18.7 Å². The third-order valence-corrected chi connectivity index (χ3v) is 3.72. The third kappa shape index (κ3) is 2.97. The van der Waals surface area contributed by atoms with Crippen molar-refractivity contribution in [2.45, 2.75) is 44.4 Å². The zero-order valence-corrected chi connectivity index (χ0v) is 10.3. The van der Waals surface area contributed by atoms with E-state index in [0.29, 0.717) is 5.38 Å². The summed E-state index contributed by atoms with van der Waals surface area (Å²) in [6.07, 6.45) is 6.13. The largest absolute Gasteiger partial charge is 0.272 e. The molecule has 2 nitrogen and oxygen atoms in total. The number of aromatic nitrogens is 2. The summed E-state index contributed by atoms with van der Waals surface area (Å²) < 4.78 is 1.98. The van der Waals surface area contributed by atoms with Crippen LogP contribution in [0, 0.1) is 12.8 Å². The second-order valence-electron chi connectivity index (χ2n) is 4.65. The Morgan fingerprint density at radius 1 is 1.60 bits per heavy atom. The molecule has 0 bridgehead atoms. The molecular formula is C12H19ClN2. The molecule has 84 valence electrons. The van der Waals surface area contributed by atoms with Gasteiger partial charge in [-0.15, -0.1) is 11.6 Å². The molecule has 1 atom stereocenters. The van der Waals surface area contributed by atoms with Crippen LogP contribution in [0.4, 0.5) is 0 Å². The SMILES string of the molecule is Cc1cc(CCCC(Cl)C2CC2)n(C)n1. The van der Waals surface area contributed by atoms with Crippen LogP contribution in [0.25, 0.3) is 0 Å². The van der Waals surface area contributed by atoms with Crippen molar-refractivity contribution >= 4 is 11.6 Å². The van der Waals surface area contributed by atoms with E-state index in [-0.39, 0.29) is 0 Å². The molecule has 1 aliphatic carbocycles. The van der Waals surface area contributed by atoms with Crippen LogP contribution < -0.4 is 0 Å². The molecule has 1 aromatic rings. The zero-order chi connectivity index (χ0) is 10.8. The standard InChI is InChI=1S/C12H19ClN2/c1-9-8-11(15(2)14-9)4-3-5-12(13)10-6-7-10/h8,10,12H,3-7H2,1-2H3. The Bertz CT molecular complexity index is 328. The highest BCUT2D eigenvalue weighted by molar-refractivity contribution is 6.20. The monoisotopic (exact) mass is 226 g/mol. The molecular weight excluding hydrogens is 208 g/mol. The fourth-order valence-corrected chi connectivity index (χ4v) is 2.48. The third-order valence-electron chi connectivity index (χ3n) is 3.15. The van der Waals surface area contributed by atoms with Gasteiger partial charge in [-0.3, -0.25) is 4.68 Å². The molecule has 0 spiro atoms. The van der Waals surface area contributed by atoms with Crippen LogP contribution in [-0.2, 0) is 13.5 Å². The smallest absolute Gasteiger partial charge is 0.0596 e. The number of hydrogen-bond acceptors (Lipinski definition) is 1. The molecule has 0 N–H and O–H groups in total. The van der Waals surface area contributed by atoms with E-state index in [0.717, 1.165) is 24.5 Å². The molecule has 1 unspecified atom stereocenters. The highest BCUT2D eigenvalue weighted by Crippen LogP contribution is 2.37. The van der Waals surface area contributed by atoms with E-state index in [4.69, 9.17) is 11.6 Å². The van der Waals surface area contributed by atoms with E-state index in [2.05, 4.69) is 11.2 Å². The van der Waals surface area contributed by atoms with Gasteiger partial charge in [0.05, 0.1) is 5.69 Å². The topological polar surface area (TPSA) is 17.8 Å². The summed E-state index contributed by atoms with van der Waals surface area (Å²) in [5.41, 5.74) is 2.43. The first-order valence-electron chi connectivity index (χ1n) is 5.80. The van der Waals surface area contributed by atoms with Gasteiger partial charge in [0, 0.05) is 18.1 Å². The summed E-state index contributed by atoms with van der Waals surface area (Å²) in [7, 11) is 2.02. The first-order valence-corrected chi connectivity index (χ1v) is 6.24. The summed E-state index contributed by atoms with van der Waals surface area (Å²) in [4.78, 5) is 0. The number of aryl methyl sites for hydroxylation is 3. The fourth-order valence-electron chi connectivity index (χ4n) is 2.07. The number of nitrogens with zero attached hydrogens (tertiary/aromatic N) is 2. The Hall–Kier alpha value is -0.500. The van der Waals surface area contributed by atoms with Gasteiger partial charge in [0.2, 0.25) is 0 Å². The Labute approximate surface area is 96.6 Å². The lowest BCUT2D eigenvalue weighted by Gasteiger charge is -2.07. The molecule has 0 aromatic carbocycles. The van der Waals surface area contributed by atoms with E-state index >= 15 is 0 Å². The predicted molar refractivity (Wildman–Crippen MR) is 63.2 cm³/mol. The minimum atomic E-state index is 0.416. The van der Waals surface area contributed by atoms with Crippen molar-refractivity contribution in [2.24, 2.45) is 13.0 Å². The zero-order valence-electron chi connectivity index (χ0n) is 9.54. The predicted octanol–water partition coefficient (Wildman–Crippen LogP) is 3.07. The van der Waals surface area contributed by atoms with Crippen LogP contribution in [0.3, 0.4) is 0 Å². The van der Waals surface area contributed by atoms with Gasteiger partial charge in [-0.1, -0.05) is 0 Å². The quantitative estimate of drug-likeness (QED) is 0.706. The van der Waals surface area contributed by atoms with Crippen LogP contribution in [0.15, 0.2) is 6.07 Å². The average Bonchev–Trinajstić information content (AvgIpc) is 2.94. The van der Waals surface area contributed by atoms with Crippen molar-refractivity contribution in [1.29, 1.82) is 0 Å². The minimum absolute atomic E-state index is 0.416. The molecule has 0 radical (unpaired) electrons. The van der Waals surface area contributed by atoms with Gasteiger partial charge in [-0.25, -0.2) is 0 Å². The molecule has 1 saturated carbocycles. The first kappa shape index (κ1) is 11.0. The Balaban J connectivity index is 1.75. The van der Waals surface area contributed by atoms with Crippen LogP contribution in [0.1, 0.15) is 37.1 Å². The minimum Gasteiger partial charge on any atom is -0.272 e. The Morgan fingerprint density at radius 2 is 2.33 bits per heavy atom. The molecule has 1 aromatic heterocycles. The van der Waals surface area contributed by atoms with Crippen molar-refractivity contribution in [3.8, 4) is 0 Å². The normalized spacial score (nSPS) is 18.1. The summed E-state index contributed by atoms with van der Waals surface area (Å²) >= 11 is 6.27. The van der Waals surface area contributed by atoms with Crippen molar-refractivity contribution in [3.05, 3.63) is 17.5 Å². The molecule has 1 fully saturated rings. The first-order chi connectivity index (χ1) is 7.16. The summed E-state index contributed by atoms with van der Waals surface area (Å²) in [6, 6.07) is 2.17. The lowest BCUT2D eigenvalue weighted by Crippen LogP contribution is -2.03.